The van der Waals surface area contributed by atoms with E-state index in [0.29, 0.717) is 23.7 Å². The molecule has 0 bridgehead atoms. The van der Waals surface area contributed by atoms with E-state index in [2.05, 4.69) is 5.32 Å². The lowest BCUT2D eigenvalue weighted by atomic mass is 10.2. The number of amides is 2. The highest BCUT2D eigenvalue weighted by atomic mass is 16.5. The Kier molecular flexibility index (Phi) is 4.68. The summed E-state index contributed by atoms with van der Waals surface area (Å²) in [4.78, 5) is 13.9. The molecule has 1 atom stereocenters. The van der Waals surface area contributed by atoms with E-state index in [1.54, 1.807) is 37.3 Å². The highest BCUT2D eigenvalue weighted by Gasteiger charge is 2.28. The topological polar surface area (TPSA) is 71.0 Å². The molecular weight excluding hydrogens is 260 g/mol. The van der Waals surface area contributed by atoms with Gasteiger partial charge in [0.05, 0.1) is 26.9 Å². The van der Waals surface area contributed by atoms with Gasteiger partial charge in [0.25, 0.3) is 0 Å². The summed E-state index contributed by atoms with van der Waals surface area (Å²) >= 11 is 0. The van der Waals surface area contributed by atoms with E-state index in [0.717, 1.165) is 12.8 Å². The van der Waals surface area contributed by atoms with Crippen LogP contribution in [0.15, 0.2) is 18.2 Å². The summed E-state index contributed by atoms with van der Waals surface area (Å²) in [5.74, 6) is 1.22. The number of methoxy groups -OCH3 is 2. The number of likely N-dealkylation sites (tertiary alicyclic amines) is 1. The highest BCUT2D eigenvalue weighted by molar-refractivity contribution is 5.90. The number of rotatable bonds is 4. The van der Waals surface area contributed by atoms with Crippen molar-refractivity contribution in [3.63, 3.8) is 0 Å². The van der Waals surface area contributed by atoms with Crippen LogP contribution in [0, 0.1) is 0 Å². The summed E-state index contributed by atoms with van der Waals surface area (Å²) in [7, 11) is 3.12. The van der Waals surface area contributed by atoms with E-state index in [4.69, 9.17) is 9.47 Å². The first kappa shape index (κ1) is 14.5. The van der Waals surface area contributed by atoms with Gasteiger partial charge in [-0.3, -0.25) is 0 Å². The maximum Gasteiger partial charge on any atom is 0.322 e. The molecule has 1 fully saturated rings. The van der Waals surface area contributed by atoms with Crippen molar-refractivity contribution in [2.75, 3.05) is 32.7 Å². The molecule has 0 aliphatic carbocycles. The molecule has 1 aromatic rings. The Balaban J connectivity index is 2.10. The van der Waals surface area contributed by atoms with Gasteiger partial charge in [0.1, 0.15) is 11.5 Å². The molecule has 0 saturated carbocycles. The van der Waals surface area contributed by atoms with Crippen molar-refractivity contribution < 1.29 is 19.4 Å². The van der Waals surface area contributed by atoms with Gasteiger partial charge in [-0.15, -0.1) is 0 Å². The van der Waals surface area contributed by atoms with Crippen LogP contribution in [0.1, 0.15) is 12.8 Å². The zero-order valence-electron chi connectivity index (χ0n) is 11.8. The Morgan fingerprint density at radius 1 is 1.35 bits per heavy atom. The van der Waals surface area contributed by atoms with Crippen LogP contribution < -0.4 is 14.8 Å². The van der Waals surface area contributed by atoms with Crippen LogP contribution in [0.5, 0.6) is 11.5 Å². The molecule has 1 aromatic carbocycles. The van der Waals surface area contributed by atoms with Gasteiger partial charge in [0.15, 0.2) is 0 Å². The van der Waals surface area contributed by atoms with E-state index < -0.39 is 0 Å². The molecular formula is C14H20N2O4. The van der Waals surface area contributed by atoms with Crippen LogP contribution >= 0.6 is 0 Å². The number of aliphatic hydroxyl groups is 1. The predicted molar refractivity (Wildman–Crippen MR) is 75.4 cm³/mol. The van der Waals surface area contributed by atoms with Crippen molar-refractivity contribution in [1.29, 1.82) is 0 Å². The predicted octanol–water partition coefficient (Wildman–Crippen LogP) is 1.69. The molecule has 1 heterocycles. The Labute approximate surface area is 118 Å². The van der Waals surface area contributed by atoms with Gasteiger partial charge in [-0.25, -0.2) is 4.79 Å². The number of hydrogen-bond acceptors (Lipinski definition) is 4. The lowest BCUT2D eigenvalue weighted by Crippen LogP contribution is -2.40. The molecule has 110 valence electrons. The van der Waals surface area contributed by atoms with Crippen molar-refractivity contribution in [2.24, 2.45) is 0 Å². The van der Waals surface area contributed by atoms with Crippen molar-refractivity contribution in [1.82, 2.24) is 4.90 Å². The normalized spacial score (nSPS) is 17.9. The first-order valence-electron chi connectivity index (χ1n) is 6.59. The van der Waals surface area contributed by atoms with Crippen molar-refractivity contribution in [2.45, 2.75) is 18.9 Å². The van der Waals surface area contributed by atoms with Gasteiger partial charge >= 0.3 is 6.03 Å². The average molecular weight is 280 g/mol. The number of ether oxygens (including phenoxy) is 2. The number of nitrogens with one attached hydrogen (secondary N) is 1. The van der Waals surface area contributed by atoms with Crippen LogP contribution in [-0.4, -0.2) is 49.5 Å². The third-order valence-corrected chi connectivity index (χ3v) is 3.45. The van der Waals surface area contributed by atoms with E-state index >= 15 is 0 Å². The van der Waals surface area contributed by atoms with Gasteiger partial charge in [0.2, 0.25) is 0 Å². The molecule has 0 aromatic heterocycles. The summed E-state index contributed by atoms with van der Waals surface area (Å²) in [5, 5.41) is 12.1. The second kappa shape index (κ2) is 6.47. The maximum atomic E-state index is 12.2. The van der Waals surface area contributed by atoms with Gasteiger partial charge in [-0.2, -0.15) is 0 Å². The number of urea groups is 1. The third-order valence-electron chi connectivity index (χ3n) is 3.45. The number of carbonyl (C=O) groups is 1. The zero-order valence-corrected chi connectivity index (χ0v) is 11.8. The molecule has 6 heteroatoms. The minimum absolute atomic E-state index is 0.00511. The molecule has 1 aliphatic rings. The molecule has 2 rings (SSSR count). The maximum absolute atomic E-state index is 12.2. The molecule has 1 saturated heterocycles. The van der Waals surface area contributed by atoms with Crippen LogP contribution in [0.3, 0.4) is 0 Å². The van der Waals surface area contributed by atoms with Crippen molar-refractivity contribution >= 4 is 11.7 Å². The quantitative estimate of drug-likeness (QED) is 0.880. The Bertz CT molecular complexity index is 456. The van der Waals surface area contributed by atoms with Gasteiger partial charge < -0.3 is 24.8 Å². The summed E-state index contributed by atoms with van der Waals surface area (Å²) in [6, 6.07) is 4.89. The van der Waals surface area contributed by atoms with Gasteiger partial charge in [-0.1, -0.05) is 0 Å². The minimum atomic E-state index is -0.211. The first-order valence-corrected chi connectivity index (χ1v) is 6.59. The Morgan fingerprint density at radius 2 is 2.00 bits per heavy atom. The third kappa shape index (κ3) is 3.14. The van der Waals surface area contributed by atoms with Crippen LogP contribution in [0.4, 0.5) is 10.5 Å². The number of aliphatic hydroxyl groups excluding tert-OH is 1. The fraction of sp³-hybridized carbons (Fsp3) is 0.500. The number of carbonyl (C=O) groups excluding carboxylic acids is 1. The van der Waals surface area contributed by atoms with E-state index in [1.165, 1.54) is 0 Å². The van der Waals surface area contributed by atoms with Gasteiger partial charge in [-0.05, 0) is 12.8 Å². The largest absolute Gasteiger partial charge is 0.497 e. The first-order chi connectivity index (χ1) is 9.67. The molecule has 1 aliphatic heterocycles. The second-order valence-electron chi connectivity index (χ2n) is 4.70. The SMILES string of the molecule is COc1cc(NC(=O)N2CCC[C@@H]2CO)cc(OC)c1. The van der Waals surface area contributed by atoms with E-state index in [-0.39, 0.29) is 18.7 Å². The smallest absolute Gasteiger partial charge is 0.322 e. The second-order valence-corrected chi connectivity index (χ2v) is 4.70. The summed E-state index contributed by atoms with van der Waals surface area (Å²) in [6.45, 7) is 0.660. The lowest BCUT2D eigenvalue weighted by molar-refractivity contribution is 0.166. The monoisotopic (exact) mass is 280 g/mol. The number of anilines is 1. The number of hydrogen-bond donors (Lipinski definition) is 2. The van der Waals surface area contributed by atoms with Crippen molar-refractivity contribution in [3.05, 3.63) is 18.2 Å². The summed E-state index contributed by atoms with van der Waals surface area (Å²) in [6.07, 6.45) is 1.76. The molecule has 2 N–H and O–H groups in total. The van der Waals surface area contributed by atoms with Crippen molar-refractivity contribution in [3.8, 4) is 11.5 Å². The molecule has 0 spiro atoms. The lowest BCUT2D eigenvalue weighted by Gasteiger charge is -2.23. The summed E-state index contributed by atoms with van der Waals surface area (Å²) in [5.41, 5.74) is 0.606. The van der Waals surface area contributed by atoms with E-state index in [9.17, 15) is 9.90 Å². The van der Waals surface area contributed by atoms with E-state index in [1.807, 2.05) is 0 Å². The van der Waals surface area contributed by atoms with Crippen LogP contribution in [0.25, 0.3) is 0 Å². The van der Waals surface area contributed by atoms with Crippen LogP contribution in [0.2, 0.25) is 0 Å². The molecule has 0 unspecified atom stereocenters. The standard InChI is InChI=1S/C14H20N2O4/c1-19-12-6-10(7-13(8-12)20-2)15-14(18)16-5-3-4-11(16)9-17/h6-8,11,17H,3-5,9H2,1-2H3,(H,15,18)/t11-/m1/s1. The zero-order chi connectivity index (χ0) is 14.5. The number of benzene rings is 1. The molecule has 0 radical (unpaired) electrons. The average Bonchev–Trinajstić information content (AvgIpc) is 2.95. The highest BCUT2D eigenvalue weighted by Crippen LogP contribution is 2.26. The molecule has 6 nitrogen and oxygen atoms in total. The molecule has 2 amide bonds. The minimum Gasteiger partial charge on any atom is -0.497 e. The fourth-order valence-electron chi connectivity index (χ4n) is 2.37. The number of nitrogens with zero attached hydrogens (tertiary/aromatic N) is 1. The summed E-state index contributed by atoms with van der Waals surface area (Å²) < 4.78 is 10.3. The van der Waals surface area contributed by atoms with Gasteiger partial charge in [0, 0.05) is 30.4 Å². The Morgan fingerprint density at radius 3 is 2.55 bits per heavy atom. The fourth-order valence-corrected chi connectivity index (χ4v) is 2.37. The van der Waals surface area contributed by atoms with Crippen LogP contribution in [-0.2, 0) is 0 Å². The molecule has 20 heavy (non-hydrogen) atoms. The Hall–Kier alpha value is -1.95.